The Balaban J connectivity index is 1.58. The van der Waals surface area contributed by atoms with Gasteiger partial charge in [0.05, 0.1) is 20.5 Å². The summed E-state index contributed by atoms with van der Waals surface area (Å²) < 4.78 is 5.35. The van der Waals surface area contributed by atoms with Gasteiger partial charge in [-0.15, -0.1) is 22.7 Å². The van der Waals surface area contributed by atoms with Crippen LogP contribution < -0.4 is 5.32 Å². The molecule has 2 rings (SSSR count). The average molecular weight is 414 g/mol. The number of ketones is 2. The minimum absolute atomic E-state index is 0.0525. The van der Waals surface area contributed by atoms with Crippen LogP contribution in [0.1, 0.15) is 38.6 Å². The third-order valence-electron chi connectivity index (χ3n) is 3.24. The van der Waals surface area contributed by atoms with E-state index in [1.165, 1.54) is 11.3 Å². The van der Waals surface area contributed by atoms with Gasteiger partial charge in [-0.05, 0) is 23.6 Å². The molecule has 0 aliphatic rings. The minimum Gasteiger partial charge on any atom is -0.457 e. The molecule has 0 aliphatic heterocycles. The van der Waals surface area contributed by atoms with Crippen LogP contribution in [0.15, 0.2) is 29.6 Å². The first-order valence-electron chi connectivity index (χ1n) is 7.73. The molecule has 0 atom stereocenters. The lowest BCUT2D eigenvalue weighted by molar-refractivity contribution is -0.142. The smallest absolute Gasteiger partial charge is 0.308 e. The van der Waals surface area contributed by atoms with Crippen molar-refractivity contribution in [2.75, 3.05) is 13.2 Å². The second-order valence-corrected chi connectivity index (χ2v) is 7.85. The average Bonchev–Trinajstić information content (AvgIpc) is 3.29. The molecule has 0 bridgehead atoms. The molecule has 2 aromatic rings. The first kappa shape index (κ1) is 20.3. The number of thiophene rings is 2. The zero-order valence-corrected chi connectivity index (χ0v) is 16.0. The molecule has 0 saturated heterocycles. The number of ether oxygens (including phenoxy) is 1. The lowest BCUT2D eigenvalue weighted by Crippen LogP contribution is -2.27. The van der Waals surface area contributed by atoms with Gasteiger partial charge in [-0.3, -0.25) is 19.2 Å². The summed E-state index contributed by atoms with van der Waals surface area (Å²) in [5, 5.41) is 4.35. The van der Waals surface area contributed by atoms with E-state index in [1.54, 1.807) is 29.6 Å². The van der Waals surface area contributed by atoms with Crippen LogP contribution in [0, 0.1) is 0 Å². The summed E-state index contributed by atoms with van der Waals surface area (Å²) >= 11 is 8.19. The Morgan fingerprint density at radius 2 is 1.81 bits per heavy atom. The van der Waals surface area contributed by atoms with E-state index in [9.17, 15) is 19.2 Å². The second-order valence-electron chi connectivity index (χ2n) is 5.19. The lowest BCUT2D eigenvalue weighted by Gasteiger charge is -2.05. The number of nitrogens with one attached hydrogen (secondary N) is 1. The molecule has 9 heteroatoms. The molecule has 6 nitrogen and oxygen atoms in total. The number of Topliss-reactive ketones (excluding diaryl/α,β-unsaturated/α-hetero) is 2. The van der Waals surface area contributed by atoms with Crippen molar-refractivity contribution in [3.63, 3.8) is 0 Å². The lowest BCUT2D eigenvalue weighted by atomic mass is 10.2. The summed E-state index contributed by atoms with van der Waals surface area (Å²) in [6, 6.07) is 6.66. The Morgan fingerprint density at radius 3 is 2.46 bits per heavy atom. The maximum absolute atomic E-state index is 11.8. The fourth-order valence-corrected chi connectivity index (χ4v) is 3.60. The van der Waals surface area contributed by atoms with Gasteiger partial charge in [0.2, 0.25) is 11.7 Å². The molecule has 0 radical (unpaired) electrons. The highest BCUT2D eigenvalue weighted by atomic mass is 35.5. The highest BCUT2D eigenvalue weighted by Gasteiger charge is 2.13. The van der Waals surface area contributed by atoms with Crippen molar-refractivity contribution < 1.29 is 23.9 Å². The largest absolute Gasteiger partial charge is 0.457 e. The summed E-state index contributed by atoms with van der Waals surface area (Å²) in [6.45, 7) is -0.275. The molecule has 138 valence electrons. The maximum Gasteiger partial charge on any atom is 0.308 e. The van der Waals surface area contributed by atoms with Crippen LogP contribution in [-0.2, 0) is 14.3 Å². The van der Waals surface area contributed by atoms with Crippen LogP contribution in [0.25, 0.3) is 0 Å². The molecular formula is C17H16ClNO5S2. The zero-order chi connectivity index (χ0) is 18.9. The summed E-state index contributed by atoms with van der Waals surface area (Å²) in [5.41, 5.74) is 0. The van der Waals surface area contributed by atoms with Gasteiger partial charge in [-0.25, -0.2) is 0 Å². The van der Waals surface area contributed by atoms with Gasteiger partial charge in [-0.1, -0.05) is 17.7 Å². The van der Waals surface area contributed by atoms with E-state index in [1.807, 2.05) is 0 Å². The number of amides is 1. The topological polar surface area (TPSA) is 89.5 Å². The Bertz CT molecular complexity index is 785. The highest BCUT2D eigenvalue weighted by Crippen LogP contribution is 2.21. The predicted octanol–water partition coefficient (Wildman–Crippen LogP) is 3.36. The summed E-state index contributed by atoms with van der Waals surface area (Å²) in [6.07, 6.45) is 0.126. The molecule has 0 fully saturated rings. The summed E-state index contributed by atoms with van der Waals surface area (Å²) in [4.78, 5) is 47.8. The molecule has 1 N–H and O–H groups in total. The third kappa shape index (κ3) is 6.70. The first-order valence-corrected chi connectivity index (χ1v) is 9.80. The van der Waals surface area contributed by atoms with Crippen LogP contribution in [0.5, 0.6) is 0 Å². The van der Waals surface area contributed by atoms with E-state index in [0.717, 1.165) is 11.3 Å². The van der Waals surface area contributed by atoms with Gasteiger partial charge in [0.25, 0.3) is 0 Å². The van der Waals surface area contributed by atoms with E-state index < -0.39 is 5.97 Å². The zero-order valence-electron chi connectivity index (χ0n) is 13.7. The molecule has 1 amide bonds. The fraction of sp³-hybridized carbons (Fsp3) is 0.294. The minimum atomic E-state index is -0.587. The number of carbonyl (C=O) groups excluding carboxylic acids is 4. The van der Waals surface area contributed by atoms with Gasteiger partial charge in [0, 0.05) is 19.4 Å². The Labute approximate surface area is 163 Å². The molecule has 2 aromatic heterocycles. The molecule has 0 spiro atoms. The molecule has 26 heavy (non-hydrogen) atoms. The molecule has 0 unspecified atom stereocenters. The second kappa shape index (κ2) is 10.2. The van der Waals surface area contributed by atoms with Crippen LogP contribution >= 0.6 is 34.3 Å². The number of hydrogen-bond donors (Lipinski definition) is 1. The van der Waals surface area contributed by atoms with Crippen molar-refractivity contribution in [2.24, 2.45) is 0 Å². The van der Waals surface area contributed by atoms with Crippen LogP contribution in [-0.4, -0.2) is 36.6 Å². The fourth-order valence-electron chi connectivity index (χ4n) is 1.93. The van der Waals surface area contributed by atoms with Gasteiger partial charge in [0.15, 0.2) is 12.4 Å². The molecular weight excluding hydrogens is 398 g/mol. The van der Waals surface area contributed by atoms with Gasteiger partial charge in [0.1, 0.15) is 0 Å². The normalized spacial score (nSPS) is 10.3. The maximum atomic E-state index is 11.8. The van der Waals surface area contributed by atoms with Crippen molar-refractivity contribution >= 4 is 57.7 Å². The SMILES string of the molecule is O=C(CCC(=O)c1cccs1)NCCC(=O)OCC(=O)c1ccc(Cl)s1. The predicted molar refractivity (Wildman–Crippen MR) is 100 cm³/mol. The molecule has 0 saturated carbocycles. The molecule has 0 aromatic carbocycles. The van der Waals surface area contributed by atoms with Crippen molar-refractivity contribution in [1.82, 2.24) is 5.32 Å². The van der Waals surface area contributed by atoms with Gasteiger partial charge < -0.3 is 10.1 Å². The highest BCUT2D eigenvalue weighted by molar-refractivity contribution is 7.18. The Hall–Kier alpha value is -2.03. The van der Waals surface area contributed by atoms with Gasteiger partial charge >= 0.3 is 5.97 Å². The number of carbonyl (C=O) groups is 4. The van der Waals surface area contributed by atoms with E-state index >= 15 is 0 Å². The van der Waals surface area contributed by atoms with E-state index in [0.29, 0.717) is 14.1 Å². The number of esters is 1. The quantitative estimate of drug-likeness (QED) is 0.476. The standard InChI is InChI=1S/C17H16ClNO5S2/c18-15-5-4-14(26-15)12(21)10-24-17(23)7-8-19-16(22)6-3-11(20)13-2-1-9-25-13/h1-2,4-5,9H,3,6-8,10H2,(H,19,22). The van der Waals surface area contributed by atoms with E-state index in [2.05, 4.69) is 5.32 Å². The molecule has 0 aliphatic carbocycles. The first-order chi connectivity index (χ1) is 12.5. The number of hydrogen-bond acceptors (Lipinski definition) is 7. The van der Waals surface area contributed by atoms with E-state index in [-0.39, 0.29) is 49.9 Å². The Kier molecular flexibility index (Phi) is 7.96. The third-order valence-corrected chi connectivity index (χ3v) is 5.42. The summed E-state index contributed by atoms with van der Waals surface area (Å²) in [5.74, 6) is -1.31. The Morgan fingerprint density at radius 1 is 1.00 bits per heavy atom. The van der Waals surface area contributed by atoms with Crippen molar-refractivity contribution in [1.29, 1.82) is 0 Å². The van der Waals surface area contributed by atoms with Gasteiger partial charge in [-0.2, -0.15) is 0 Å². The number of rotatable bonds is 10. The van der Waals surface area contributed by atoms with Crippen molar-refractivity contribution in [3.8, 4) is 0 Å². The van der Waals surface area contributed by atoms with Crippen molar-refractivity contribution in [2.45, 2.75) is 19.3 Å². The summed E-state index contributed by atoms with van der Waals surface area (Å²) in [7, 11) is 0. The monoisotopic (exact) mass is 413 g/mol. The van der Waals surface area contributed by atoms with Crippen LogP contribution in [0.4, 0.5) is 0 Å². The molecule has 2 heterocycles. The number of halogens is 1. The van der Waals surface area contributed by atoms with Crippen LogP contribution in [0.2, 0.25) is 4.34 Å². The van der Waals surface area contributed by atoms with Crippen LogP contribution in [0.3, 0.4) is 0 Å². The van der Waals surface area contributed by atoms with E-state index in [4.69, 9.17) is 16.3 Å². The van der Waals surface area contributed by atoms with Crippen molar-refractivity contribution in [3.05, 3.63) is 43.7 Å².